The molecule has 1 rings (SSSR count). The molecule has 0 unspecified atom stereocenters. The standard InChI is InChI=1S/C12H14ClF3O2/c1-8(17)10-7-9(13)3-4-11(10)18-6-2-5-12(14,15)16/h3-4,7-8,17H,2,5-6H2,1H3/t8-/m1/s1. The Morgan fingerprint density at radius 3 is 2.61 bits per heavy atom. The average Bonchev–Trinajstić information content (AvgIpc) is 2.24. The minimum Gasteiger partial charge on any atom is -0.493 e. The molecule has 0 heterocycles. The quantitative estimate of drug-likeness (QED) is 0.824. The molecule has 0 amide bonds. The summed E-state index contributed by atoms with van der Waals surface area (Å²) in [6, 6.07) is 4.63. The molecule has 0 aliphatic carbocycles. The van der Waals surface area contributed by atoms with Crippen LogP contribution in [0, 0.1) is 0 Å². The van der Waals surface area contributed by atoms with E-state index in [2.05, 4.69) is 0 Å². The van der Waals surface area contributed by atoms with Crippen LogP contribution in [0.1, 0.15) is 31.4 Å². The number of hydrogen-bond donors (Lipinski definition) is 1. The Kier molecular flexibility index (Phi) is 5.28. The fraction of sp³-hybridized carbons (Fsp3) is 0.500. The summed E-state index contributed by atoms with van der Waals surface area (Å²) in [4.78, 5) is 0. The molecule has 1 N–H and O–H groups in total. The number of aliphatic hydroxyl groups is 1. The lowest BCUT2D eigenvalue weighted by molar-refractivity contribution is -0.136. The number of aliphatic hydroxyl groups excluding tert-OH is 1. The molecular weight excluding hydrogens is 269 g/mol. The van der Waals surface area contributed by atoms with E-state index >= 15 is 0 Å². The molecule has 1 atom stereocenters. The molecule has 0 aliphatic rings. The van der Waals surface area contributed by atoms with Crippen molar-refractivity contribution in [2.24, 2.45) is 0 Å². The normalized spacial score (nSPS) is 13.4. The summed E-state index contributed by atoms with van der Waals surface area (Å²) >= 11 is 5.77. The average molecular weight is 283 g/mol. The van der Waals surface area contributed by atoms with Gasteiger partial charge in [-0.25, -0.2) is 0 Å². The van der Waals surface area contributed by atoms with Crippen LogP contribution < -0.4 is 4.74 Å². The molecule has 102 valence electrons. The van der Waals surface area contributed by atoms with E-state index in [4.69, 9.17) is 16.3 Å². The smallest absolute Gasteiger partial charge is 0.389 e. The van der Waals surface area contributed by atoms with E-state index in [0.29, 0.717) is 16.3 Å². The Labute approximate surface area is 108 Å². The van der Waals surface area contributed by atoms with Crippen molar-refractivity contribution in [3.63, 3.8) is 0 Å². The van der Waals surface area contributed by atoms with Gasteiger partial charge in [0.2, 0.25) is 0 Å². The van der Waals surface area contributed by atoms with Crippen molar-refractivity contribution in [3.8, 4) is 5.75 Å². The molecule has 0 saturated heterocycles. The van der Waals surface area contributed by atoms with Crippen LogP contribution in [0.15, 0.2) is 18.2 Å². The first-order chi connectivity index (χ1) is 8.29. The Morgan fingerprint density at radius 2 is 2.06 bits per heavy atom. The molecule has 6 heteroatoms. The lowest BCUT2D eigenvalue weighted by atomic mass is 10.1. The fourth-order valence-corrected chi connectivity index (χ4v) is 1.61. The van der Waals surface area contributed by atoms with Gasteiger partial charge >= 0.3 is 6.18 Å². The third kappa shape index (κ3) is 5.14. The van der Waals surface area contributed by atoms with Gasteiger partial charge in [0, 0.05) is 17.0 Å². The second kappa shape index (κ2) is 6.29. The minimum atomic E-state index is -4.17. The van der Waals surface area contributed by atoms with Gasteiger partial charge in [-0.1, -0.05) is 11.6 Å². The van der Waals surface area contributed by atoms with Crippen LogP contribution in [0.25, 0.3) is 0 Å². The maximum absolute atomic E-state index is 11.9. The Hall–Kier alpha value is -0.940. The van der Waals surface area contributed by atoms with Crippen LogP contribution in [-0.2, 0) is 0 Å². The van der Waals surface area contributed by atoms with E-state index < -0.39 is 18.7 Å². The lowest BCUT2D eigenvalue weighted by Crippen LogP contribution is -2.10. The highest BCUT2D eigenvalue weighted by Gasteiger charge is 2.26. The van der Waals surface area contributed by atoms with Crippen molar-refractivity contribution in [1.29, 1.82) is 0 Å². The van der Waals surface area contributed by atoms with E-state index in [9.17, 15) is 18.3 Å². The van der Waals surface area contributed by atoms with Crippen LogP contribution in [0.2, 0.25) is 5.02 Å². The molecule has 0 aromatic heterocycles. The van der Waals surface area contributed by atoms with Crippen molar-refractivity contribution >= 4 is 11.6 Å². The first-order valence-corrected chi connectivity index (χ1v) is 5.84. The van der Waals surface area contributed by atoms with Crippen LogP contribution >= 0.6 is 11.6 Å². The van der Waals surface area contributed by atoms with Crippen molar-refractivity contribution in [1.82, 2.24) is 0 Å². The van der Waals surface area contributed by atoms with E-state index in [1.165, 1.54) is 19.1 Å². The summed E-state index contributed by atoms with van der Waals surface area (Å²) in [7, 11) is 0. The molecule has 0 radical (unpaired) electrons. The first kappa shape index (κ1) is 15.1. The van der Waals surface area contributed by atoms with Gasteiger partial charge < -0.3 is 9.84 Å². The third-order valence-electron chi connectivity index (χ3n) is 2.28. The van der Waals surface area contributed by atoms with Gasteiger partial charge in [-0.05, 0) is 31.5 Å². The van der Waals surface area contributed by atoms with Gasteiger partial charge in [-0.15, -0.1) is 0 Å². The van der Waals surface area contributed by atoms with Gasteiger partial charge in [0.1, 0.15) is 5.75 Å². The summed E-state index contributed by atoms with van der Waals surface area (Å²) in [5.74, 6) is 0.358. The third-order valence-corrected chi connectivity index (χ3v) is 2.52. The molecule has 0 saturated carbocycles. The fourth-order valence-electron chi connectivity index (χ4n) is 1.43. The Morgan fingerprint density at radius 1 is 1.39 bits per heavy atom. The molecule has 0 bridgehead atoms. The zero-order chi connectivity index (χ0) is 13.8. The van der Waals surface area contributed by atoms with Gasteiger partial charge in [-0.2, -0.15) is 13.2 Å². The largest absolute Gasteiger partial charge is 0.493 e. The van der Waals surface area contributed by atoms with E-state index in [0.717, 1.165) is 0 Å². The molecule has 1 aromatic rings. The van der Waals surface area contributed by atoms with Crippen molar-refractivity contribution in [3.05, 3.63) is 28.8 Å². The van der Waals surface area contributed by atoms with Gasteiger partial charge in [0.15, 0.2) is 0 Å². The predicted octanol–water partition coefficient (Wildman–Crippen LogP) is 4.11. The van der Waals surface area contributed by atoms with Gasteiger partial charge in [0.25, 0.3) is 0 Å². The molecule has 2 nitrogen and oxygen atoms in total. The van der Waals surface area contributed by atoms with Gasteiger partial charge in [0.05, 0.1) is 12.7 Å². The molecule has 0 spiro atoms. The number of alkyl halides is 3. The Balaban J connectivity index is 2.57. The van der Waals surface area contributed by atoms with E-state index in [1.807, 2.05) is 0 Å². The second-order valence-corrected chi connectivity index (χ2v) is 4.36. The number of benzene rings is 1. The van der Waals surface area contributed by atoms with Crippen molar-refractivity contribution in [2.45, 2.75) is 32.0 Å². The van der Waals surface area contributed by atoms with Crippen molar-refractivity contribution in [2.75, 3.05) is 6.61 Å². The summed E-state index contributed by atoms with van der Waals surface area (Å²) in [5, 5.41) is 9.93. The van der Waals surface area contributed by atoms with Crippen LogP contribution in [0.5, 0.6) is 5.75 Å². The predicted molar refractivity (Wildman–Crippen MR) is 62.9 cm³/mol. The highest BCUT2D eigenvalue weighted by Crippen LogP contribution is 2.29. The van der Waals surface area contributed by atoms with E-state index in [1.54, 1.807) is 6.07 Å². The molecule has 18 heavy (non-hydrogen) atoms. The summed E-state index contributed by atoms with van der Waals surface area (Å²) < 4.78 is 41.0. The molecular formula is C12H14ClF3O2. The summed E-state index contributed by atoms with van der Waals surface area (Å²) in [6.07, 6.45) is -5.96. The zero-order valence-corrected chi connectivity index (χ0v) is 10.6. The molecule has 1 aromatic carbocycles. The Bertz CT molecular complexity index is 391. The highest BCUT2D eigenvalue weighted by atomic mass is 35.5. The lowest BCUT2D eigenvalue weighted by Gasteiger charge is -2.14. The maximum atomic E-state index is 11.9. The SMILES string of the molecule is C[C@@H](O)c1cc(Cl)ccc1OCCCC(F)(F)F. The second-order valence-electron chi connectivity index (χ2n) is 3.93. The zero-order valence-electron chi connectivity index (χ0n) is 9.80. The summed E-state index contributed by atoms with van der Waals surface area (Å²) in [5.41, 5.74) is 0.467. The van der Waals surface area contributed by atoms with Crippen LogP contribution in [0.4, 0.5) is 13.2 Å². The maximum Gasteiger partial charge on any atom is 0.389 e. The van der Waals surface area contributed by atoms with Crippen molar-refractivity contribution < 1.29 is 23.0 Å². The number of ether oxygens (including phenoxy) is 1. The van der Waals surface area contributed by atoms with E-state index in [-0.39, 0.29) is 13.0 Å². The first-order valence-electron chi connectivity index (χ1n) is 5.46. The minimum absolute atomic E-state index is 0.0547. The number of hydrogen-bond acceptors (Lipinski definition) is 2. The number of rotatable bonds is 5. The highest BCUT2D eigenvalue weighted by molar-refractivity contribution is 6.30. The molecule has 0 aliphatic heterocycles. The van der Waals surface area contributed by atoms with Crippen LogP contribution in [-0.4, -0.2) is 17.9 Å². The topological polar surface area (TPSA) is 29.5 Å². The van der Waals surface area contributed by atoms with Gasteiger partial charge in [-0.3, -0.25) is 0 Å². The monoisotopic (exact) mass is 282 g/mol. The number of halogens is 4. The summed E-state index contributed by atoms with van der Waals surface area (Å²) in [6.45, 7) is 1.48. The molecule has 0 fully saturated rings. The van der Waals surface area contributed by atoms with Crippen LogP contribution in [0.3, 0.4) is 0 Å².